The normalized spacial score (nSPS) is 17.8. The number of hydrogen-bond donors (Lipinski definition) is 2. The summed E-state index contributed by atoms with van der Waals surface area (Å²) in [5.41, 5.74) is 0.303. The summed E-state index contributed by atoms with van der Waals surface area (Å²) < 4.78 is 0.710. The maximum absolute atomic E-state index is 12.2. The van der Waals surface area contributed by atoms with Crippen molar-refractivity contribution in [2.45, 2.75) is 32.1 Å². The Kier molecular flexibility index (Phi) is 5.47. The highest BCUT2D eigenvalue weighted by molar-refractivity contribution is 9.10. The van der Waals surface area contributed by atoms with Gasteiger partial charge in [-0.1, -0.05) is 36.9 Å². The van der Waals surface area contributed by atoms with E-state index in [1.54, 1.807) is 18.2 Å². The number of aliphatic hydroxyl groups is 1. The Morgan fingerprint density at radius 3 is 2.70 bits per heavy atom. The Morgan fingerprint density at radius 2 is 2.05 bits per heavy atom. The fraction of sp³-hybridized carbons (Fsp3) is 0.533. The minimum Gasteiger partial charge on any atom is -0.396 e. The lowest BCUT2D eigenvalue weighted by molar-refractivity contribution is 0.0718. The number of carbonyl (C=O) groups excluding carboxylic acids is 1. The van der Waals surface area contributed by atoms with E-state index < -0.39 is 0 Å². The largest absolute Gasteiger partial charge is 0.396 e. The second kappa shape index (κ2) is 6.92. The topological polar surface area (TPSA) is 49.3 Å². The predicted octanol–water partition coefficient (Wildman–Crippen LogP) is 3.78. The standard InChI is InChI=1S/C15H19BrClNO2/c16-12-6-4-5-11(13(12)17)14(20)18-9-15(10-19)7-2-1-3-8-15/h4-6,19H,1-3,7-10H2,(H,18,20). The van der Waals surface area contributed by atoms with Crippen LogP contribution in [0.3, 0.4) is 0 Å². The molecule has 0 unspecified atom stereocenters. The molecule has 1 aromatic carbocycles. The second-order valence-electron chi connectivity index (χ2n) is 5.50. The quantitative estimate of drug-likeness (QED) is 0.858. The van der Waals surface area contributed by atoms with E-state index in [-0.39, 0.29) is 17.9 Å². The molecule has 1 amide bonds. The molecule has 0 heterocycles. The summed E-state index contributed by atoms with van der Waals surface area (Å²) in [6.45, 7) is 0.630. The molecule has 0 spiro atoms. The number of benzene rings is 1. The van der Waals surface area contributed by atoms with Gasteiger partial charge in [-0.15, -0.1) is 0 Å². The highest BCUT2D eigenvalue weighted by atomic mass is 79.9. The van der Waals surface area contributed by atoms with E-state index in [9.17, 15) is 9.90 Å². The van der Waals surface area contributed by atoms with Crippen LogP contribution in [-0.2, 0) is 0 Å². The zero-order valence-electron chi connectivity index (χ0n) is 11.3. The van der Waals surface area contributed by atoms with E-state index in [4.69, 9.17) is 11.6 Å². The zero-order valence-corrected chi connectivity index (χ0v) is 13.6. The lowest BCUT2D eigenvalue weighted by Crippen LogP contribution is -2.41. The van der Waals surface area contributed by atoms with E-state index in [1.807, 2.05) is 0 Å². The van der Waals surface area contributed by atoms with E-state index in [1.165, 1.54) is 6.42 Å². The number of hydrogen-bond acceptors (Lipinski definition) is 2. The first-order valence-corrected chi connectivity index (χ1v) is 8.08. The number of halogens is 2. The Labute approximate surface area is 132 Å². The van der Waals surface area contributed by atoms with Crippen molar-refractivity contribution in [2.75, 3.05) is 13.2 Å². The predicted molar refractivity (Wildman–Crippen MR) is 84.1 cm³/mol. The third-order valence-electron chi connectivity index (χ3n) is 4.07. The summed E-state index contributed by atoms with van der Waals surface area (Å²) in [5, 5.41) is 13.0. The van der Waals surface area contributed by atoms with Gasteiger partial charge < -0.3 is 10.4 Å². The van der Waals surface area contributed by atoms with Gasteiger partial charge >= 0.3 is 0 Å². The van der Waals surface area contributed by atoms with Gasteiger partial charge in [0.05, 0.1) is 17.2 Å². The molecule has 0 aliphatic heterocycles. The SMILES string of the molecule is O=C(NCC1(CO)CCCCC1)c1cccc(Br)c1Cl. The first-order chi connectivity index (χ1) is 9.58. The molecule has 1 aromatic rings. The third kappa shape index (κ3) is 3.54. The van der Waals surface area contributed by atoms with Crippen molar-refractivity contribution in [3.63, 3.8) is 0 Å². The highest BCUT2D eigenvalue weighted by Crippen LogP contribution is 2.35. The van der Waals surface area contributed by atoms with Crippen LogP contribution in [0.1, 0.15) is 42.5 Å². The highest BCUT2D eigenvalue weighted by Gasteiger charge is 2.31. The van der Waals surface area contributed by atoms with E-state index in [0.29, 0.717) is 21.6 Å². The zero-order chi connectivity index (χ0) is 14.6. The van der Waals surface area contributed by atoms with Crippen molar-refractivity contribution in [1.82, 2.24) is 5.32 Å². The second-order valence-corrected chi connectivity index (χ2v) is 6.74. The number of rotatable bonds is 4. The maximum atomic E-state index is 12.2. The molecular formula is C15H19BrClNO2. The maximum Gasteiger partial charge on any atom is 0.252 e. The first-order valence-electron chi connectivity index (χ1n) is 6.91. The molecule has 2 N–H and O–H groups in total. The lowest BCUT2D eigenvalue weighted by Gasteiger charge is -2.35. The molecule has 1 aliphatic carbocycles. The molecule has 1 saturated carbocycles. The van der Waals surface area contributed by atoms with Crippen LogP contribution < -0.4 is 5.32 Å². The van der Waals surface area contributed by atoms with Gasteiger partial charge in [-0.05, 0) is 40.9 Å². The Morgan fingerprint density at radius 1 is 1.35 bits per heavy atom. The lowest BCUT2D eigenvalue weighted by atomic mass is 9.74. The van der Waals surface area contributed by atoms with Gasteiger partial charge in [-0.25, -0.2) is 0 Å². The Hall–Kier alpha value is -0.580. The average molecular weight is 361 g/mol. The van der Waals surface area contributed by atoms with Crippen molar-refractivity contribution >= 4 is 33.4 Å². The number of amides is 1. The van der Waals surface area contributed by atoms with Gasteiger partial charge in [-0.2, -0.15) is 0 Å². The van der Waals surface area contributed by atoms with Crippen molar-refractivity contribution in [1.29, 1.82) is 0 Å². The van der Waals surface area contributed by atoms with E-state index >= 15 is 0 Å². The number of aliphatic hydroxyl groups excluding tert-OH is 1. The van der Waals surface area contributed by atoms with Crippen LogP contribution in [0.2, 0.25) is 5.02 Å². The van der Waals surface area contributed by atoms with Crippen LogP contribution in [0.5, 0.6) is 0 Å². The molecule has 0 atom stereocenters. The first kappa shape index (κ1) is 15.8. The fourth-order valence-electron chi connectivity index (χ4n) is 2.73. The van der Waals surface area contributed by atoms with Gasteiger partial charge in [0.25, 0.3) is 5.91 Å². The van der Waals surface area contributed by atoms with Crippen molar-refractivity contribution < 1.29 is 9.90 Å². The van der Waals surface area contributed by atoms with Crippen molar-refractivity contribution in [2.24, 2.45) is 5.41 Å². The fourth-order valence-corrected chi connectivity index (χ4v) is 3.31. The average Bonchev–Trinajstić information content (AvgIpc) is 2.48. The van der Waals surface area contributed by atoms with E-state index in [0.717, 1.165) is 25.7 Å². The van der Waals surface area contributed by atoms with Crippen molar-refractivity contribution in [3.8, 4) is 0 Å². The molecule has 20 heavy (non-hydrogen) atoms. The Balaban J connectivity index is 2.02. The van der Waals surface area contributed by atoms with Crippen LogP contribution >= 0.6 is 27.5 Å². The number of nitrogens with one attached hydrogen (secondary N) is 1. The summed E-state index contributed by atoms with van der Waals surface area (Å²) >= 11 is 9.44. The molecular weight excluding hydrogens is 342 g/mol. The van der Waals surface area contributed by atoms with Gasteiger partial charge in [-0.3, -0.25) is 4.79 Å². The summed E-state index contributed by atoms with van der Waals surface area (Å²) in [7, 11) is 0. The molecule has 110 valence electrons. The van der Waals surface area contributed by atoms with Crippen LogP contribution in [0, 0.1) is 5.41 Å². The van der Waals surface area contributed by atoms with Crippen LogP contribution in [0.25, 0.3) is 0 Å². The molecule has 1 fully saturated rings. The molecule has 3 nitrogen and oxygen atoms in total. The minimum absolute atomic E-state index is 0.125. The molecule has 2 rings (SSSR count). The Bertz CT molecular complexity index is 487. The molecule has 0 bridgehead atoms. The minimum atomic E-state index is -0.185. The monoisotopic (exact) mass is 359 g/mol. The van der Waals surface area contributed by atoms with Crippen molar-refractivity contribution in [3.05, 3.63) is 33.3 Å². The van der Waals surface area contributed by atoms with Crippen LogP contribution in [0.15, 0.2) is 22.7 Å². The number of carbonyl (C=O) groups is 1. The molecule has 1 aliphatic rings. The van der Waals surface area contributed by atoms with Gasteiger partial charge in [0.2, 0.25) is 0 Å². The van der Waals surface area contributed by atoms with Gasteiger partial charge in [0, 0.05) is 16.4 Å². The summed E-state index contributed by atoms with van der Waals surface area (Å²) in [6, 6.07) is 5.29. The smallest absolute Gasteiger partial charge is 0.252 e. The van der Waals surface area contributed by atoms with Gasteiger partial charge in [0.15, 0.2) is 0 Å². The van der Waals surface area contributed by atoms with Crippen LogP contribution in [-0.4, -0.2) is 24.2 Å². The van der Waals surface area contributed by atoms with Crippen LogP contribution in [0.4, 0.5) is 0 Å². The molecule has 0 radical (unpaired) electrons. The summed E-state index contributed by atoms with van der Waals surface area (Å²) in [6.07, 6.45) is 5.39. The summed E-state index contributed by atoms with van der Waals surface area (Å²) in [4.78, 5) is 12.2. The summed E-state index contributed by atoms with van der Waals surface area (Å²) in [5.74, 6) is -0.185. The van der Waals surface area contributed by atoms with Gasteiger partial charge in [0.1, 0.15) is 0 Å². The molecule has 5 heteroatoms. The molecule has 0 saturated heterocycles. The van der Waals surface area contributed by atoms with E-state index in [2.05, 4.69) is 21.2 Å². The molecule has 0 aromatic heterocycles. The third-order valence-corrected chi connectivity index (χ3v) is 5.37.